The van der Waals surface area contributed by atoms with Gasteiger partial charge in [0.1, 0.15) is 11.2 Å². The van der Waals surface area contributed by atoms with Crippen LogP contribution >= 0.6 is 11.3 Å². The summed E-state index contributed by atoms with van der Waals surface area (Å²) in [4.78, 5) is 0. The molecule has 0 atom stereocenters. The second-order valence-corrected chi connectivity index (χ2v) is 13.2. The third kappa shape index (κ3) is 3.69. The molecule has 0 saturated carbocycles. The molecular formula is C36H29BNO3S. The average Bonchev–Trinajstić information content (AvgIpc) is 3.64. The maximum Gasteiger partial charge on any atom is 0.332 e. The number of aliphatic hydroxyl groups is 1. The molecule has 0 amide bonds. The smallest absolute Gasteiger partial charge is 0.332 e. The third-order valence-corrected chi connectivity index (χ3v) is 10.1. The van der Waals surface area contributed by atoms with Crippen LogP contribution in [0.5, 0.6) is 0 Å². The van der Waals surface area contributed by atoms with Crippen molar-refractivity contribution in [3.63, 3.8) is 0 Å². The quantitative estimate of drug-likeness (QED) is 0.212. The highest BCUT2D eigenvalue weighted by Crippen LogP contribution is 2.43. The summed E-state index contributed by atoms with van der Waals surface area (Å²) < 4.78 is 17.5. The van der Waals surface area contributed by atoms with Crippen LogP contribution in [0, 0.1) is 0 Å². The van der Waals surface area contributed by atoms with Crippen molar-refractivity contribution in [3.8, 4) is 5.69 Å². The van der Waals surface area contributed by atoms with Gasteiger partial charge in [-0.05, 0) is 75.6 Å². The van der Waals surface area contributed by atoms with Gasteiger partial charge >= 0.3 is 7.48 Å². The van der Waals surface area contributed by atoms with Gasteiger partial charge in [0.25, 0.3) is 0 Å². The zero-order valence-corrected chi connectivity index (χ0v) is 24.8. The van der Waals surface area contributed by atoms with Crippen LogP contribution in [0.2, 0.25) is 0 Å². The topological polar surface area (TPSA) is 47.5 Å². The monoisotopic (exact) mass is 566 g/mol. The molecule has 0 unspecified atom stereocenters. The van der Waals surface area contributed by atoms with Gasteiger partial charge in [-0.2, -0.15) is 0 Å². The molecule has 8 rings (SSSR count). The Morgan fingerprint density at radius 2 is 1.38 bits per heavy atom. The number of para-hydroxylation sites is 3. The first-order valence-corrected chi connectivity index (χ1v) is 15.1. The lowest BCUT2D eigenvalue weighted by molar-refractivity contribution is -0.0893. The van der Waals surface area contributed by atoms with Gasteiger partial charge < -0.3 is 18.7 Å². The molecule has 0 saturated heterocycles. The molecule has 6 heteroatoms. The lowest BCUT2D eigenvalue weighted by Gasteiger charge is -2.37. The number of hydrogen-bond acceptors (Lipinski definition) is 4. The van der Waals surface area contributed by atoms with Crippen LogP contribution in [-0.4, -0.2) is 28.4 Å². The molecular weight excluding hydrogens is 537 g/mol. The van der Waals surface area contributed by atoms with Gasteiger partial charge in [-0.25, -0.2) is 0 Å². The highest BCUT2D eigenvalue weighted by atomic mass is 32.1. The summed E-state index contributed by atoms with van der Waals surface area (Å²) in [7, 11) is 1.82. The van der Waals surface area contributed by atoms with Gasteiger partial charge in [-0.15, -0.1) is 11.3 Å². The SMILES string of the molecule is CC(C)(O)C(C)(C)O[B]c1cc(-n2c3ccccc3c3ccccc32)cc2c1sc1ccc3c4ccccc4oc3c12. The van der Waals surface area contributed by atoms with Gasteiger partial charge in [-0.1, -0.05) is 54.6 Å². The molecule has 1 radical (unpaired) electrons. The molecule has 0 fully saturated rings. The van der Waals surface area contributed by atoms with Gasteiger partial charge in [0.05, 0.1) is 22.2 Å². The number of benzene rings is 5. The van der Waals surface area contributed by atoms with Crippen molar-refractivity contribution in [2.75, 3.05) is 0 Å². The largest absolute Gasteiger partial charge is 0.455 e. The highest BCUT2D eigenvalue weighted by molar-refractivity contribution is 7.27. The van der Waals surface area contributed by atoms with E-state index in [4.69, 9.17) is 9.07 Å². The molecule has 4 nitrogen and oxygen atoms in total. The van der Waals surface area contributed by atoms with E-state index in [0.717, 1.165) is 64.3 Å². The zero-order valence-electron chi connectivity index (χ0n) is 23.9. The van der Waals surface area contributed by atoms with E-state index in [1.807, 2.05) is 33.5 Å². The Labute approximate surface area is 248 Å². The predicted octanol–water partition coefficient (Wildman–Crippen LogP) is 8.86. The summed E-state index contributed by atoms with van der Waals surface area (Å²) >= 11 is 1.74. The van der Waals surface area contributed by atoms with Crippen molar-refractivity contribution in [2.24, 2.45) is 0 Å². The Kier molecular flexibility index (Phi) is 5.46. The van der Waals surface area contributed by atoms with Crippen LogP contribution in [0.4, 0.5) is 0 Å². The second kappa shape index (κ2) is 8.95. The van der Waals surface area contributed by atoms with E-state index in [2.05, 4.69) is 89.5 Å². The van der Waals surface area contributed by atoms with Crippen molar-refractivity contribution in [3.05, 3.63) is 97.1 Å². The molecule has 0 aliphatic rings. The average molecular weight is 567 g/mol. The molecule has 0 spiro atoms. The minimum absolute atomic E-state index is 0.801. The van der Waals surface area contributed by atoms with Crippen molar-refractivity contribution in [1.82, 2.24) is 4.57 Å². The van der Waals surface area contributed by atoms with E-state index in [9.17, 15) is 5.11 Å². The van der Waals surface area contributed by atoms with Crippen molar-refractivity contribution in [1.29, 1.82) is 0 Å². The van der Waals surface area contributed by atoms with E-state index in [1.165, 1.54) is 10.8 Å². The summed E-state index contributed by atoms with van der Waals surface area (Å²) in [5.41, 5.74) is 4.27. The fourth-order valence-corrected chi connectivity index (χ4v) is 7.08. The molecule has 3 heterocycles. The number of rotatable bonds is 5. The zero-order chi connectivity index (χ0) is 28.8. The van der Waals surface area contributed by atoms with Crippen LogP contribution in [0.3, 0.4) is 0 Å². The van der Waals surface area contributed by atoms with E-state index >= 15 is 0 Å². The first-order chi connectivity index (χ1) is 20.2. The van der Waals surface area contributed by atoms with Gasteiger partial charge in [0, 0.05) is 47.4 Å². The molecule has 1 N–H and O–H groups in total. The maximum absolute atomic E-state index is 10.8. The van der Waals surface area contributed by atoms with E-state index < -0.39 is 11.2 Å². The Hall–Kier alpha value is -4.10. The van der Waals surface area contributed by atoms with Gasteiger partial charge in [-0.3, -0.25) is 0 Å². The second-order valence-electron chi connectivity index (χ2n) is 12.1. The normalized spacial score (nSPS) is 13.0. The lowest BCUT2D eigenvalue weighted by Crippen LogP contribution is -2.49. The maximum atomic E-state index is 10.8. The molecule has 0 aliphatic heterocycles. The fraction of sp³-hybridized carbons (Fsp3) is 0.167. The summed E-state index contributed by atoms with van der Waals surface area (Å²) in [6.07, 6.45) is 0. The molecule has 5 aromatic carbocycles. The minimum atomic E-state index is -1.03. The van der Waals surface area contributed by atoms with E-state index in [0.29, 0.717) is 0 Å². The molecule has 8 aromatic rings. The lowest BCUT2D eigenvalue weighted by atomic mass is 9.82. The molecule has 42 heavy (non-hydrogen) atoms. The minimum Gasteiger partial charge on any atom is -0.455 e. The van der Waals surface area contributed by atoms with Crippen molar-refractivity contribution >= 4 is 88.2 Å². The number of furan rings is 1. The predicted molar refractivity (Wildman–Crippen MR) is 178 cm³/mol. The molecule has 205 valence electrons. The summed E-state index contributed by atoms with van der Waals surface area (Å²) in [6.45, 7) is 7.39. The number of nitrogens with zero attached hydrogens (tertiary/aromatic N) is 1. The van der Waals surface area contributed by atoms with Crippen LogP contribution < -0.4 is 5.46 Å². The molecule has 0 aliphatic carbocycles. The summed E-state index contributed by atoms with van der Waals surface area (Å²) in [5, 5.41) is 17.7. The Morgan fingerprint density at radius 3 is 2.07 bits per heavy atom. The number of thiophene rings is 1. The number of hydrogen-bond donors (Lipinski definition) is 1. The third-order valence-electron chi connectivity index (χ3n) is 8.88. The van der Waals surface area contributed by atoms with Crippen LogP contribution in [-0.2, 0) is 4.65 Å². The number of fused-ring (bicyclic) bond motifs is 10. The summed E-state index contributed by atoms with van der Waals surface area (Å²) in [6, 6.07) is 34.2. The van der Waals surface area contributed by atoms with Crippen LogP contribution in [0.15, 0.2) is 101 Å². The van der Waals surface area contributed by atoms with Crippen LogP contribution in [0.1, 0.15) is 27.7 Å². The Balaban J connectivity index is 1.46. The standard InChI is InChI=1S/C36H29BNO3S/c1-35(2,39)36(3,4)41-37-27-20-21(38-28-14-8-5-11-22(28)23-12-6-9-15-29(23)38)19-26-32-31(42-34(26)27)18-17-25-24-13-7-10-16-30(24)40-33(25)32/h5-20,39H,1-4H3. The van der Waals surface area contributed by atoms with E-state index in [-0.39, 0.29) is 0 Å². The number of aromatic nitrogens is 1. The van der Waals surface area contributed by atoms with Gasteiger partial charge in [0.15, 0.2) is 0 Å². The van der Waals surface area contributed by atoms with Crippen LogP contribution in [0.25, 0.3) is 69.6 Å². The fourth-order valence-electron chi connectivity index (χ4n) is 5.93. The Bertz CT molecular complexity index is 2280. The van der Waals surface area contributed by atoms with Gasteiger partial charge in [0.2, 0.25) is 0 Å². The van der Waals surface area contributed by atoms with E-state index in [1.54, 1.807) is 25.2 Å². The highest BCUT2D eigenvalue weighted by Gasteiger charge is 2.36. The van der Waals surface area contributed by atoms with Crippen molar-refractivity contribution < 1.29 is 14.2 Å². The molecule has 0 bridgehead atoms. The first-order valence-electron chi connectivity index (χ1n) is 14.2. The molecule has 3 aromatic heterocycles. The summed E-state index contributed by atoms with van der Waals surface area (Å²) in [5.74, 6) is 0. The van der Waals surface area contributed by atoms with Crippen molar-refractivity contribution in [2.45, 2.75) is 38.9 Å². The Morgan fingerprint density at radius 1 is 0.738 bits per heavy atom. The first kappa shape index (κ1) is 25.6.